The molecule has 1 fully saturated rings. The van der Waals surface area contributed by atoms with Crippen molar-refractivity contribution in [2.75, 3.05) is 25.1 Å². The molecule has 1 aromatic rings. The normalized spacial score (nSPS) is 18.2. The predicted molar refractivity (Wildman–Crippen MR) is 70.0 cm³/mol. The third-order valence-electron chi connectivity index (χ3n) is 3.35. The zero-order chi connectivity index (χ0) is 13.8. The van der Waals surface area contributed by atoms with Crippen molar-refractivity contribution in [2.45, 2.75) is 18.9 Å². The number of anilines is 1. The van der Waals surface area contributed by atoms with Gasteiger partial charge in [-0.15, -0.1) is 0 Å². The number of piperidine rings is 1. The molecule has 1 aliphatic heterocycles. The number of esters is 1. The number of carbonyl (C=O) groups excluding carboxylic acids is 1. The van der Waals surface area contributed by atoms with Gasteiger partial charge in [0.1, 0.15) is 11.0 Å². The van der Waals surface area contributed by atoms with Crippen molar-refractivity contribution in [1.29, 1.82) is 0 Å². The van der Waals surface area contributed by atoms with Crippen molar-refractivity contribution >= 4 is 23.4 Å². The first-order valence-corrected chi connectivity index (χ1v) is 6.48. The molecule has 7 heteroatoms. The number of ether oxygens (including phenoxy) is 1. The smallest absolute Gasteiger partial charge is 0.334 e. The maximum absolute atomic E-state index is 11.3. The average molecular weight is 286 g/mol. The van der Waals surface area contributed by atoms with Crippen LogP contribution in [0, 0.1) is 5.92 Å². The van der Waals surface area contributed by atoms with Crippen LogP contribution >= 0.6 is 11.6 Å². The largest absolute Gasteiger partial charge is 0.467 e. The minimum atomic E-state index is -1.04. The molecule has 1 saturated heterocycles. The Kier molecular flexibility index (Phi) is 4.55. The van der Waals surface area contributed by atoms with Gasteiger partial charge in [-0.1, -0.05) is 11.6 Å². The molecule has 1 aliphatic rings. The minimum absolute atomic E-state index is 0.0733. The summed E-state index contributed by atoms with van der Waals surface area (Å²) in [4.78, 5) is 21.5. The van der Waals surface area contributed by atoms with Crippen LogP contribution in [0.2, 0.25) is 5.15 Å². The maximum Gasteiger partial charge on any atom is 0.334 e. The first-order valence-electron chi connectivity index (χ1n) is 6.10. The van der Waals surface area contributed by atoms with Crippen molar-refractivity contribution in [3.8, 4) is 0 Å². The summed E-state index contributed by atoms with van der Waals surface area (Å²) in [5, 5.41) is 10.2. The highest BCUT2D eigenvalue weighted by atomic mass is 35.5. The number of hydrogen-bond donors (Lipinski definition) is 1. The van der Waals surface area contributed by atoms with Gasteiger partial charge in [-0.25, -0.2) is 9.78 Å². The fourth-order valence-electron chi connectivity index (χ4n) is 2.24. The summed E-state index contributed by atoms with van der Waals surface area (Å²) in [6.45, 7) is 1.40. The van der Waals surface area contributed by atoms with Crippen LogP contribution in [-0.2, 0) is 9.53 Å². The first-order chi connectivity index (χ1) is 9.11. The summed E-state index contributed by atoms with van der Waals surface area (Å²) in [5.41, 5.74) is 0. The molecular weight excluding hydrogens is 270 g/mol. The number of aliphatic hydroxyl groups is 1. The van der Waals surface area contributed by atoms with Crippen LogP contribution in [0.15, 0.2) is 12.4 Å². The van der Waals surface area contributed by atoms with Crippen molar-refractivity contribution in [1.82, 2.24) is 9.97 Å². The number of aliphatic hydroxyl groups excluding tert-OH is 1. The van der Waals surface area contributed by atoms with Crippen molar-refractivity contribution in [3.63, 3.8) is 0 Å². The second-order valence-corrected chi connectivity index (χ2v) is 4.88. The van der Waals surface area contributed by atoms with Crippen molar-refractivity contribution in [2.24, 2.45) is 5.92 Å². The summed E-state index contributed by atoms with van der Waals surface area (Å²) in [7, 11) is 1.28. The van der Waals surface area contributed by atoms with Crippen LogP contribution in [-0.4, -0.2) is 47.3 Å². The lowest BCUT2D eigenvalue weighted by molar-refractivity contribution is -0.153. The molecule has 0 amide bonds. The number of aromatic nitrogens is 2. The van der Waals surface area contributed by atoms with Crippen LogP contribution in [0.3, 0.4) is 0 Å². The van der Waals surface area contributed by atoms with Gasteiger partial charge in [-0.2, -0.15) is 0 Å². The molecule has 0 aromatic carbocycles. The van der Waals surface area contributed by atoms with Crippen LogP contribution < -0.4 is 4.90 Å². The van der Waals surface area contributed by atoms with E-state index in [9.17, 15) is 9.90 Å². The molecule has 1 atom stereocenters. The van der Waals surface area contributed by atoms with Gasteiger partial charge in [0.25, 0.3) is 0 Å². The highest BCUT2D eigenvalue weighted by molar-refractivity contribution is 6.29. The minimum Gasteiger partial charge on any atom is -0.467 e. The molecule has 0 bridgehead atoms. The number of rotatable bonds is 3. The molecule has 104 valence electrons. The van der Waals surface area contributed by atoms with Crippen molar-refractivity contribution in [3.05, 3.63) is 17.5 Å². The Morgan fingerprint density at radius 1 is 1.53 bits per heavy atom. The topological polar surface area (TPSA) is 75.6 Å². The molecule has 1 unspecified atom stereocenters. The molecule has 6 nitrogen and oxygen atoms in total. The Bertz CT molecular complexity index is 450. The van der Waals surface area contributed by atoms with E-state index < -0.39 is 12.1 Å². The lowest BCUT2D eigenvalue weighted by atomic mass is 9.91. The molecule has 2 rings (SSSR count). The van der Waals surface area contributed by atoms with Gasteiger partial charge in [-0.3, -0.25) is 4.98 Å². The van der Waals surface area contributed by atoms with E-state index in [4.69, 9.17) is 11.6 Å². The summed E-state index contributed by atoms with van der Waals surface area (Å²) in [6.07, 6.45) is 3.49. The number of methoxy groups -OCH3 is 1. The fraction of sp³-hybridized carbons (Fsp3) is 0.583. The highest BCUT2D eigenvalue weighted by Crippen LogP contribution is 2.24. The van der Waals surface area contributed by atoms with E-state index in [1.54, 1.807) is 6.20 Å². The van der Waals surface area contributed by atoms with E-state index in [2.05, 4.69) is 14.7 Å². The van der Waals surface area contributed by atoms with E-state index in [1.165, 1.54) is 13.3 Å². The molecule has 0 spiro atoms. The lowest BCUT2D eigenvalue weighted by Crippen LogP contribution is -2.41. The standard InChI is InChI=1S/C12H16ClN3O3/c1-19-12(18)11(17)8-2-4-16(5-3-8)10-7-14-6-9(13)15-10/h6-8,11,17H,2-5H2,1H3. The predicted octanol–water partition coefficient (Wildman–Crippen LogP) is 0.880. The highest BCUT2D eigenvalue weighted by Gasteiger charge is 2.30. The van der Waals surface area contributed by atoms with Crippen LogP contribution in [0.1, 0.15) is 12.8 Å². The lowest BCUT2D eigenvalue weighted by Gasteiger charge is -2.33. The molecule has 1 N–H and O–H groups in total. The average Bonchev–Trinajstić information content (AvgIpc) is 2.46. The van der Waals surface area contributed by atoms with E-state index >= 15 is 0 Å². The molecule has 0 saturated carbocycles. The number of carbonyl (C=O) groups is 1. The molecule has 2 heterocycles. The van der Waals surface area contributed by atoms with Gasteiger partial charge < -0.3 is 14.7 Å². The second kappa shape index (κ2) is 6.16. The van der Waals surface area contributed by atoms with Crippen LogP contribution in [0.25, 0.3) is 0 Å². The van der Waals surface area contributed by atoms with E-state index in [0.717, 1.165) is 5.82 Å². The quantitative estimate of drug-likeness (QED) is 0.831. The molecule has 0 aliphatic carbocycles. The maximum atomic E-state index is 11.3. The third-order valence-corrected chi connectivity index (χ3v) is 3.53. The molecular formula is C12H16ClN3O3. The van der Waals surface area contributed by atoms with Gasteiger partial charge >= 0.3 is 5.97 Å². The van der Waals surface area contributed by atoms with Gasteiger partial charge in [0.05, 0.1) is 19.5 Å². The van der Waals surface area contributed by atoms with E-state index in [1.807, 2.05) is 4.90 Å². The Balaban J connectivity index is 1.94. The van der Waals surface area contributed by atoms with Crippen LogP contribution in [0.4, 0.5) is 5.82 Å². The summed E-state index contributed by atoms with van der Waals surface area (Å²) in [6, 6.07) is 0. The van der Waals surface area contributed by atoms with Crippen molar-refractivity contribution < 1.29 is 14.6 Å². The molecule has 1 aromatic heterocycles. The van der Waals surface area contributed by atoms with Gasteiger partial charge in [0.2, 0.25) is 0 Å². The third kappa shape index (κ3) is 3.33. The SMILES string of the molecule is COC(=O)C(O)C1CCN(c2cncc(Cl)n2)CC1. The first kappa shape index (κ1) is 14.0. The van der Waals surface area contributed by atoms with E-state index in [-0.39, 0.29) is 5.92 Å². The zero-order valence-corrected chi connectivity index (χ0v) is 11.4. The van der Waals surface area contributed by atoms with Gasteiger partial charge in [-0.05, 0) is 18.8 Å². The summed E-state index contributed by atoms with van der Waals surface area (Å²) in [5.74, 6) is 0.0790. The number of halogens is 1. The fourth-order valence-corrected chi connectivity index (χ4v) is 2.39. The molecule has 0 radical (unpaired) electrons. The monoisotopic (exact) mass is 285 g/mol. The Morgan fingerprint density at radius 3 is 2.79 bits per heavy atom. The number of hydrogen-bond acceptors (Lipinski definition) is 6. The summed E-state index contributed by atoms with van der Waals surface area (Å²) < 4.78 is 4.55. The zero-order valence-electron chi connectivity index (χ0n) is 10.6. The summed E-state index contributed by atoms with van der Waals surface area (Å²) >= 11 is 5.80. The van der Waals surface area contributed by atoms with E-state index in [0.29, 0.717) is 31.1 Å². The Labute approximate surface area is 116 Å². The van der Waals surface area contributed by atoms with Crippen LogP contribution in [0.5, 0.6) is 0 Å². The molecule has 19 heavy (non-hydrogen) atoms. The Hall–Kier alpha value is -1.40. The number of nitrogens with zero attached hydrogens (tertiary/aromatic N) is 3. The second-order valence-electron chi connectivity index (χ2n) is 4.49. The van der Waals surface area contributed by atoms with Gasteiger partial charge in [0.15, 0.2) is 6.10 Å². The Morgan fingerprint density at radius 2 is 2.21 bits per heavy atom. The van der Waals surface area contributed by atoms with Gasteiger partial charge in [0, 0.05) is 13.1 Å².